The highest BCUT2D eigenvalue weighted by Gasteiger charge is 2.26. The molecule has 0 aliphatic heterocycles. The molecule has 110 valence electrons. The lowest BCUT2D eigenvalue weighted by Gasteiger charge is -2.32. The molecular formula is C13H18N2O5. The zero-order valence-electron chi connectivity index (χ0n) is 11.4. The summed E-state index contributed by atoms with van der Waals surface area (Å²) < 4.78 is 0. The van der Waals surface area contributed by atoms with Crippen LogP contribution in [0.4, 0.5) is 11.4 Å². The van der Waals surface area contributed by atoms with E-state index in [1.165, 1.54) is 12.1 Å². The topological polar surface area (TPSA) is 113 Å². The van der Waals surface area contributed by atoms with E-state index in [9.17, 15) is 20.0 Å². The van der Waals surface area contributed by atoms with E-state index in [-0.39, 0.29) is 12.2 Å². The number of aliphatic hydroxyl groups is 1. The monoisotopic (exact) mass is 282 g/mol. The van der Waals surface area contributed by atoms with Gasteiger partial charge >= 0.3 is 5.97 Å². The number of nitro groups is 1. The van der Waals surface area contributed by atoms with Gasteiger partial charge in [-0.1, -0.05) is 13.8 Å². The van der Waals surface area contributed by atoms with Gasteiger partial charge in [0.2, 0.25) is 0 Å². The molecule has 0 radical (unpaired) electrons. The van der Waals surface area contributed by atoms with E-state index in [2.05, 4.69) is 5.32 Å². The highest BCUT2D eigenvalue weighted by molar-refractivity contribution is 5.93. The number of nitro benzene ring substituents is 1. The Labute approximate surface area is 116 Å². The Hall–Kier alpha value is -2.15. The van der Waals surface area contributed by atoms with E-state index >= 15 is 0 Å². The van der Waals surface area contributed by atoms with Gasteiger partial charge in [0.15, 0.2) is 0 Å². The molecule has 1 aromatic carbocycles. The maximum absolute atomic E-state index is 11.1. The second-order valence-electron chi connectivity index (χ2n) is 4.56. The molecule has 0 aromatic heterocycles. The van der Waals surface area contributed by atoms with Crippen molar-refractivity contribution in [3.05, 3.63) is 33.9 Å². The van der Waals surface area contributed by atoms with Gasteiger partial charge in [-0.2, -0.15) is 0 Å². The summed E-state index contributed by atoms with van der Waals surface area (Å²) in [6.45, 7) is 3.69. The first-order valence-corrected chi connectivity index (χ1v) is 6.30. The van der Waals surface area contributed by atoms with Gasteiger partial charge < -0.3 is 15.5 Å². The van der Waals surface area contributed by atoms with Gasteiger partial charge in [-0.05, 0) is 25.0 Å². The zero-order valence-corrected chi connectivity index (χ0v) is 11.4. The molecule has 0 unspecified atom stereocenters. The molecule has 0 aliphatic rings. The fraction of sp³-hybridized carbons (Fsp3) is 0.462. The molecule has 7 nitrogen and oxygen atoms in total. The second kappa shape index (κ2) is 6.33. The third-order valence-electron chi connectivity index (χ3n) is 3.49. The summed E-state index contributed by atoms with van der Waals surface area (Å²) in [5.74, 6) is -1.36. The number of carboxylic acid groups (broad SMARTS) is 1. The predicted octanol–water partition coefficient (Wildman–Crippen LogP) is 2.26. The van der Waals surface area contributed by atoms with E-state index in [0.717, 1.165) is 6.07 Å². The standard InChI is InChI=1S/C13H18N2O5/c1-3-13(4-2,8-16)14-9-5-6-11(15(19)20)10(7-9)12(17)18/h5-7,14,16H,3-4,8H2,1-2H3,(H,17,18). The third kappa shape index (κ3) is 3.24. The molecule has 7 heteroatoms. The molecule has 20 heavy (non-hydrogen) atoms. The number of rotatable bonds is 7. The molecule has 0 fully saturated rings. The molecule has 0 saturated carbocycles. The number of hydrogen-bond donors (Lipinski definition) is 3. The van der Waals surface area contributed by atoms with E-state index in [0.29, 0.717) is 18.5 Å². The van der Waals surface area contributed by atoms with E-state index < -0.39 is 22.1 Å². The van der Waals surface area contributed by atoms with Crippen LogP contribution in [0, 0.1) is 10.1 Å². The normalized spacial score (nSPS) is 11.2. The van der Waals surface area contributed by atoms with Gasteiger partial charge in [0, 0.05) is 11.8 Å². The van der Waals surface area contributed by atoms with Crippen LogP contribution in [0.5, 0.6) is 0 Å². The van der Waals surface area contributed by atoms with Crippen LogP contribution in [0.2, 0.25) is 0 Å². The maximum Gasteiger partial charge on any atom is 0.342 e. The number of aromatic carboxylic acids is 1. The summed E-state index contributed by atoms with van der Waals surface area (Å²) in [5.41, 5.74) is -0.957. The van der Waals surface area contributed by atoms with Crippen LogP contribution in [0.1, 0.15) is 37.0 Å². The van der Waals surface area contributed by atoms with Crippen LogP contribution in [0.3, 0.4) is 0 Å². The average molecular weight is 282 g/mol. The van der Waals surface area contributed by atoms with Gasteiger partial charge in [-0.15, -0.1) is 0 Å². The van der Waals surface area contributed by atoms with Gasteiger partial charge in [0.25, 0.3) is 5.69 Å². The van der Waals surface area contributed by atoms with Crippen molar-refractivity contribution in [3.8, 4) is 0 Å². The number of hydrogen-bond acceptors (Lipinski definition) is 5. The highest BCUT2D eigenvalue weighted by atomic mass is 16.6. The zero-order chi connectivity index (χ0) is 15.3. The molecule has 3 N–H and O–H groups in total. The predicted molar refractivity (Wildman–Crippen MR) is 74.1 cm³/mol. The van der Waals surface area contributed by atoms with Crippen molar-refractivity contribution in [2.24, 2.45) is 0 Å². The molecular weight excluding hydrogens is 264 g/mol. The van der Waals surface area contributed by atoms with Gasteiger partial charge in [0.05, 0.1) is 17.1 Å². The van der Waals surface area contributed by atoms with Crippen molar-refractivity contribution in [2.75, 3.05) is 11.9 Å². The minimum absolute atomic E-state index is 0.112. The Morgan fingerprint density at radius 3 is 2.40 bits per heavy atom. The number of anilines is 1. The smallest absolute Gasteiger partial charge is 0.342 e. The molecule has 1 rings (SSSR count). The van der Waals surface area contributed by atoms with Gasteiger partial charge in [-0.3, -0.25) is 10.1 Å². The summed E-state index contributed by atoms with van der Waals surface area (Å²) in [7, 11) is 0. The number of aliphatic hydroxyl groups excluding tert-OH is 1. The minimum Gasteiger partial charge on any atom is -0.477 e. The van der Waals surface area contributed by atoms with Crippen LogP contribution >= 0.6 is 0 Å². The quantitative estimate of drug-likeness (QED) is 0.522. The van der Waals surface area contributed by atoms with Crippen molar-refractivity contribution in [1.82, 2.24) is 0 Å². The number of benzene rings is 1. The van der Waals surface area contributed by atoms with Crippen molar-refractivity contribution in [1.29, 1.82) is 0 Å². The fourth-order valence-corrected chi connectivity index (χ4v) is 1.94. The fourth-order valence-electron chi connectivity index (χ4n) is 1.94. The Morgan fingerprint density at radius 2 is 2.00 bits per heavy atom. The van der Waals surface area contributed by atoms with E-state index in [4.69, 9.17) is 5.11 Å². The highest BCUT2D eigenvalue weighted by Crippen LogP contribution is 2.27. The number of nitrogens with zero attached hydrogens (tertiary/aromatic N) is 1. The summed E-state index contributed by atoms with van der Waals surface area (Å²) in [5, 5.41) is 32.3. The van der Waals surface area contributed by atoms with Crippen molar-refractivity contribution < 1.29 is 19.9 Å². The largest absolute Gasteiger partial charge is 0.477 e. The van der Waals surface area contributed by atoms with Crippen LogP contribution in [0.15, 0.2) is 18.2 Å². The first-order chi connectivity index (χ1) is 9.39. The molecule has 0 amide bonds. The third-order valence-corrected chi connectivity index (χ3v) is 3.49. The van der Waals surface area contributed by atoms with Crippen molar-refractivity contribution in [2.45, 2.75) is 32.2 Å². The average Bonchev–Trinajstić information content (AvgIpc) is 2.44. The Bertz CT molecular complexity index is 503. The molecule has 0 spiro atoms. The van der Waals surface area contributed by atoms with Gasteiger partial charge in [-0.25, -0.2) is 4.79 Å². The Balaban J connectivity index is 3.19. The van der Waals surface area contributed by atoms with E-state index in [1.807, 2.05) is 13.8 Å². The molecule has 0 atom stereocenters. The van der Waals surface area contributed by atoms with E-state index in [1.54, 1.807) is 0 Å². The first kappa shape index (κ1) is 15.9. The van der Waals surface area contributed by atoms with Crippen LogP contribution in [-0.4, -0.2) is 33.3 Å². The lowest BCUT2D eigenvalue weighted by atomic mass is 9.93. The maximum atomic E-state index is 11.1. The SMILES string of the molecule is CCC(CC)(CO)Nc1ccc([N+](=O)[O-])c(C(=O)O)c1. The second-order valence-corrected chi connectivity index (χ2v) is 4.56. The lowest BCUT2D eigenvalue weighted by molar-refractivity contribution is -0.385. The summed E-state index contributed by atoms with van der Waals surface area (Å²) in [6.07, 6.45) is 1.28. The van der Waals surface area contributed by atoms with Crippen LogP contribution < -0.4 is 5.32 Å². The summed E-state index contributed by atoms with van der Waals surface area (Å²) >= 11 is 0. The summed E-state index contributed by atoms with van der Waals surface area (Å²) in [4.78, 5) is 21.1. The molecule has 0 aliphatic carbocycles. The molecule has 1 aromatic rings. The molecule has 0 heterocycles. The van der Waals surface area contributed by atoms with Crippen molar-refractivity contribution >= 4 is 17.3 Å². The molecule has 0 bridgehead atoms. The van der Waals surface area contributed by atoms with Gasteiger partial charge in [0.1, 0.15) is 5.56 Å². The number of nitrogens with one attached hydrogen (secondary N) is 1. The summed E-state index contributed by atoms with van der Waals surface area (Å²) in [6, 6.07) is 3.82. The molecule has 0 saturated heterocycles. The van der Waals surface area contributed by atoms with Crippen LogP contribution in [-0.2, 0) is 0 Å². The Morgan fingerprint density at radius 1 is 1.40 bits per heavy atom. The Kier molecular flexibility index (Phi) is 5.04. The first-order valence-electron chi connectivity index (χ1n) is 6.30. The lowest BCUT2D eigenvalue weighted by Crippen LogP contribution is -2.40. The minimum atomic E-state index is -1.36. The van der Waals surface area contributed by atoms with Crippen LogP contribution in [0.25, 0.3) is 0 Å². The number of carboxylic acids is 1. The van der Waals surface area contributed by atoms with Crippen molar-refractivity contribution in [3.63, 3.8) is 0 Å². The number of carbonyl (C=O) groups is 1.